The number of likely N-dealkylation sites (tertiary alicyclic amines) is 1. The molecule has 2 aliphatic rings. The summed E-state index contributed by atoms with van der Waals surface area (Å²) in [5, 5.41) is 8.11. The van der Waals surface area contributed by atoms with Crippen molar-refractivity contribution in [1.29, 1.82) is 0 Å². The van der Waals surface area contributed by atoms with Crippen LogP contribution in [0.2, 0.25) is 0 Å². The van der Waals surface area contributed by atoms with Crippen molar-refractivity contribution in [3.05, 3.63) is 39.1 Å². The van der Waals surface area contributed by atoms with Crippen molar-refractivity contribution in [2.75, 3.05) is 25.9 Å². The molecule has 3 aromatic heterocycles. The zero-order valence-electron chi connectivity index (χ0n) is 20.4. The van der Waals surface area contributed by atoms with Crippen LogP contribution in [0.3, 0.4) is 0 Å². The Kier molecular flexibility index (Phi) is 6.27. The van der Waals surface area contributed by atoms with Crippen molar-refractivity contribution >= 4 is 28.9 Å². The van der Waals surface area contributed by atoms with Crippen LogP contribution < -0.4 is 5.73 Å². The Hall–Kier alpha value is -2.98. The van der Waals surface area contributed by atoms with E-state index >= 15 is 0 Å². The SMILES string of the molecule is CN1CCC(CC(=O)Cc2cnc(CC(=O)c3[nH]nc4c3C(C)(C)Cc3cnc(N)nc3-4)s2)CC1. The van der Waals surface area contributed by atoms with Crippen LogP contribution in [-0.2, 0) is 29.5 Å². The van der Waals surface area contributed by atoms with Crippen LogP contribution in [0.1, 0.15) is 64.6 Å². The number of nitrogens with two attached hydrogens (primary N) is 1. The molecule has 0 aromatic carbocycles. The van der Waals surface area contributed by atoms with Crippen molar-refractivity contribution in [2.24, 2.45) is 5.92 Å². The zero-order valence-corrected chi connectivity index (χ0v) is 21.2. The smallest absolute Gasteiger partial charge is 0.220 e. The molecule has 1 aliphatic heterocycles. The number of carbonyl (C=O) groups is 2. The Morgan fingerprint density at radius 3 is 2.71 bits per heavy atom. The molecule has 9 nitrogen and oxygen atoms in total. The summed E-state index contributed by atoms with van der Waals surface area (Å²) in [5.41, 5.74) is 9.16. The Morgan fingerprint density at radius 2 is 1.94 bits per heavy atom. The number of piperidine rings is 1. The molecule has 0 saturated carbocycles. The first kappa shape index (κ1) is 23.7. The number of nitrogens with one attached hydrogen (secondary N) is 1. The lowest BCUT2D eigenvalue weighted by Crippen LogP contribution is -2.31. The summed E-state index contributed by atoms with van der Waals surface area (Å²) < 4.78 is 0. The van der Waals surface area contributed by atoms with E-state index in [9.17, 15) is 9.59 Å². The highest BCUT2D eigenvalue weighted by Crippen LogP contribution is 2.43. The molecule has 35 heavy (non-hydrogen) atoms. The van der Waals surface area contributed by atoms with Gasteiger partial charge in [0.2, 0.25) is 5.95 Å². The summed E-state index contributed by atoms with van der Waals surface area (Å²) in [7, 11) is 2.13. The number of H-pyrrole nitrogens is 1. The molecule has 0 atom stereocenters. The predicted molar refractivity (Wildman–Crippen MR) is 134 cm³/mol. The second-order valence-electron chi connectivity index (χ2n) is 10.5. The molecule has 3 N–H and O–H groups in total. The number of hydrogen-bond acceptors (Lipinski definition) is 9. The van der Waals surface area contributed by atoms with E-state index < -0.39 is 0 Å². The van der Waals surface area contributed by atoms with E-state index in [1.54, 1.807) is 12.4 Å². The summed E-state index contributed by atoms with van der Waals surface area (Å²) >= 11 is 1.44. The monoisotopic (exact) mass is 493 g/mol. The Bertz CT molecular complexity index is 1270. The number of nitrogen functional groups attached to an aromatic ring is 1. The highest BCUT2D eigenvalue weighted by atomic mass is 32.1. The van der Waals surface area contributed by atoms with Crippen LogP contribution in [0.5, 0.6) is 0 Å². The van der Waals surface area contributed by atoms with Gasteiger partial charge in [0.1, 0.15) is 22.2 Å². The molecule has 0 unspecified atom stereocenters. The van der Waals surface area contributed by atoms with Crippen LogP contribution >= 0.6 is 11.3 Å². The lowest BCUT2D eigenvalue weighted by atomic mass is 9.73. The molecule has 5 rings (SSSR count). The van der Waals surface area contributed by atoms with Gasteiger partial charge < -0.3 is 10.6 Å². The number of aromatic nitrogens is 5. The summed E-state index contributed by atoms with van der Waals surface area (Å²) in [6, 6.07) is 0. The fraction of sp³-hybridized carbons (Fsp3) is 0.520. The molecule has 1 fully saturated rings. The quantitative estimate of drug-likeness (QED) is 0.480. The highest BCUT2D eigenvalue weighted by molar-refractivity contribution is 7.11. The second-order valence-corrected chi connectivity index (χ2v) is 11.7. The van der Waals surface area contributed by atoms with Crippen LogP contribution in [0, 0.1) is 5.92 Å². The van der Waals surface area contributed by atoms with Crippen molar-refractivity contribution in [3.8, 4) is 11.4 Å². The predicted octanol–water partition coefficient (Wildman–Crippen LogP) is 3.01. The van der Waals surface area contributed by atoms with Crippen molar-refractivity contribution in [3.63, 3.8) is 0 Å². The Balaban J connectivity index is 1.27. The van der Waals surface area contributed by atoms with E-state index in [0.717, 1.165) is 41.9 Å². The third kappa shape index (κ3) is 4.90. The van der Waals surface area contributed by atoms with Crippen molar-refractivity contribution in [2.45, 2.75) is 57.8 Å². The third-order valence-corrected chi connectivity index (χ3v) is 8.10. The first-order chi connectivity index (χ1) is 16.7. The summed E-state index contributed by atoms with van der Waals surface area (Å²) in [5.74, 6) is 0.848. The summed E-state index contributed by atoms with van der Waals surface area (Å²) in [4.78, 5) is 42.1. The molecule has 3 aromatic rings. The number of rotatable bonds is 7. The standard InChI is InChI=1S/C25H31N7O2S/c1-25(2)11-15-12-28-24(26)29-21(15)23-20(25)22(30-31-23)18(34)10-19-27-13-17(35-19)9-16(33)8-14-4-6-32(3)7-5-14/h12-14H,4-11H2,1-3H3,(H,30,31)(H2,26,28,29). The number of anilines is 1. The van der Waals surface area contributed by atoms with Gasteiger partial charge in [0.05, 0.1) is 12.1 Å². The number of Topliss-reactive ketones (excluding diaryl/α,β-unsaturated/α-hetero) is 2. The first-order valence-corrected chi connectivity index (χ1v) is 12.9. The second kappa shape index (κ2) is 9.23. The van der Waals surface area contributed by atoms with E-state index in [-0.39, 0.29) is 29.4 Å². The fourth-order valence-electron chi connectivity index (χ4n) is 5.29. The number of aromatic amines is 1. The van der Waals surface area contributed by atoms with Gasteiger partial charge >= 0.3 is 0 Å². The maximum atomic E-state index is 13.3. The van der Waals surface area contributed by atoms with Gasteiger partial charge in [-0.15, -0.1) is 11.3 Å². The topological polar surface area (TPSA) is 131 Å². The molecule has 4 heterocycles. The molecule has 0 bridgehead atoms. The minimum atomic E-state index is -0.311. The van der Waals surface area contributed by atoms with Crippen LogP contribution in [0.25, 0.3) is 11.4 Å². The van der Waals surface area contributed by atoms with Gasteiger partial charge in [-0.3, -0.25) is 14.7 Å². The lowest BCUT2D eigenvalue weighted by Gasteiger charge is -2.30. The van der Waals surface area contributed by atoms with Crippen molar-refractivity contribution in [1.82, 2.24) is 30.0 Å². The van der Waals surface area contributed by atoms with Gasteiger partial charge in [-0.1, -0.05) is 13.8 Å². The maximum absolute atomic E-state index is 13.3. The molecule has 10 heteroatoms. The van der Waals surface area contributed by atoms with Gasteiger partial charge in [-0.05, 0) is 56.3 Å². The molecule has 184 valence electrons. The van der Waals surface area contributed by atoms with Crippen LogP contribution in [-0.4, -0.2) is 61.8 Å². The summed E-state index contributed by atoms with van der Waals surface area (Å²) in [6.45, 7) is 6.30. The number of nitrogens with zero attached hydrogens (tertiary/aromatic N) is 5. The number of carbonyl (C=O) groups excluding carboxylic acids is 2. The van der Waals surface area contributed by atoms with Gasteiger partial charge in [0.25, 0.3) is 0 Å². The van der Waals surface area contributed by atoms with Gasteiger partial charge in [-0.2, -0.15) is 5.10 Å². The highest BCUT2D eigenvalue weighted by Gasteiger charge is 2.38. The summed E-state index contributed by atoms with van der Waals surface area (Å²) in [6.07, 6.45) is 7.52. The largest absolute Gasteiger partial charge is 0.368 e. The minimum absolute atomic E-state index is 0.0733. The molecular formula is C25H31N7O2S. The van der Waals surface area contributed by atoms with Crippen molar-refractivity contribution < 1.29 is 9.59 Å². The van der Waals surface area contributed by atoms with Gasteiger partial charge in [-0.25, -0.2) is 15.0 Å². The van der Waals surface area contributed by atoms with Gasteiger partial charge in [0, 0.05) is 35.7 Å². The minimum Gasteiger partial charge on any atom is -0.368 e. The number of fused-ring (bicyclic) bond motifs is 3. The first-order valence-electron chi connectivity index (χ1n) is 12.1. The van der Waals surface area contributed by atoms with E-state index in [0.29, 0.717) is 47.3 Å². The number of hydrogen-bond donors (Lipinski definition) is 2. The number of ketones is 2. The molecule has 0 amide bonds. The molecule has 1 aliphatic carbocycles. The Labute approximate surface area is 208 Å². The molecular weight excluding hydrogens is 462 g/mol. The van der Waals surface area contributed by atoms with E-state index in [4.69, 9.17) is 5.73 Å². The molecule has 0 radical (unpaired) electrons. The average Bonchev–Trinajstić information content (AvgIpc) is 3.44. The molecule has 0 spiro atoms. The van der Waals surface area contributed by atoms with Gasteiger partial charge in [0.15, 0.2) is 5.78 Å². The average molecular weight is 494 g/mol. The van der Waals surface area contributed by atoms with Crippen LogP contribution in [0.15, 0.2) is 12.4 Å². The normalized spacial score (nSPS) is 17.7. The maximum Gasteiger partial charge on any atom is 0.220 e. The molecule has 1 saturated heterocycles. The van der Waals surface area contributed by atoms with E-state index in [1.807, 2.05) is 0 Å². The Morgan fingerprint density at radius 1 is 1.17 bits per heavy atom. The number of thiazole rings is 1. The fourth-order valence-corrected chi connectivity index (χ4v) is 6.24. The van der Waals surface area contributed by atoms with E-state index in [1.165, 1.54) is 11.3 Å². The third-order valence-electron chi connectivity index (χ3n) is 7.10. The lowest BCUT2D eigenvalue weighted by molar-refractivity contribution is -0.119. The van der Waals surface area contributed by atoms with E-state index in [2.05, 4.69) is 50.9 Å². The van der Waals surface area contributed by atoms with Crippen LogP contribution in [0.4, 0.5) is 5.95 Å². The zero-order chi connectivity index (χ0) is 24.7.